The van der Waals surface area contributed by atoms with Gasteiger partial charge in [-0.15, -0.1) is 0 Å². The molecule has 1 unspecified atom stereocenters. The number of hydrogen-bond acceptors (Lipinski definition) is 2. The first kappa shape index (κ1) is 13.5. The highest BCUT2D eigenvalue weighted by atomic mass is 79.9. The van der Waals surface area contributed by atoms with Gasteiger partial charge in [0.1, 0.15) is 5.82 Å². The Balaban J connectivity index is 2.49. The maximum Gasteiger partial charge on any atom is 0.148 e. The molecule has 2 N–H and O–H groups in total. The van der Waals surface area contributed by atoms with E-state index < -0.39 is 11.9 Å². The minimum Gasteiger partial charge on any atom is -0.319 e. The van der Waals surface area contributed by atoms with E-state index in [1.54, 1.807) is 23.9 Å². The molecule has 1 heterocycles. The Kier molecular flexibility index (Phi) is 3.75. The maximum atomic E-state index is 14.1. The monoisotopic (exact) mass is 331 g/mol. The van der Waals surface area contributed by atoms with E-state index in [-0.39, 0.29) is 5.02 Å². The molecule has 0 fully saturated rings. The molecule has 1 aromatic carbocycles. The third-order valence-corrected chi connectivity index (χ3v) is 4.02. The van der Waals surface area contributed by atoms with Crippen LogP contribution in [0.25, 0.3) is 0 Å². The average molecular weight is 333 g/mol. The molecule has 0 spiro atoms. The second-order valence-electron chi connectivity index (χ2n) is 4.08. The van der Waals surface area contributed by atoms with Crippen molar-refractivity contribution in [1.82, 2.24) is 9.78 Å². The quantitative estimate of drug-likeness (QED) is 0.857. The number of benzene rings is 1. The van der Waals surface area contributed by atoms with Gasteiger partial charge < -0.3 is 5.73 Å². The minimum absolute atomic E-state index is 0.0434. The molecule has 0 radical (unpaired) electrons. The molecule has 0 bridgehead atoms. The zero-order valence-electron chi connectivity index (χ0n) is 9.92. The van der Waals surface area contributed by atoms with Crippen LogP contribution in [0, 0.1) is 12.7 Å². The van der Waals surface area contributed by atoms with Crippen molar-refractivity contribution in [3.8, 4) is 0 Å². The van der Waals surface area contributed by atoms with Crippen molar-refractivity contribution in [2.45, 2.75) is 13.0 Å². The molecule has 96 valence electrons. The van der Waals surface area contributed by atoms with E-state index in [0.29, 0.717) is 10.0 Å². The molecule has 18 heavy (non-hydrogen) atoms. The van der Waals surface area contributed by atoms with Gasteiger partial charge in [-0.2, -0.15) is 5.10 Å². The van der Waals surface area contributed by atoms with Crippen LogP contribution in [0.4, 0.5) is 4.39 Å². The summed E-state index contributed by atoms with van der Waals surface area (Å²) in [7, 11) is 1.78. The fraction of sp³-hybridized carbons (Fsp3) is 0.250. The van der Waals surface area contributed by atoms with Crippen LogP contribution in [0.3, 0.4) is 0 Å². The van der Waals surface area contributed by atoms with Gasteiger partial charge in [-0.3, -0.25) is 4.68 Å². The fourth-order valence-corrected chi connectivity index (χ4v) is 2.34. The summed E-state index contributed by atoms with van der Waals surface area (Å²) in [4.78, 5) is 0. The van der Waals surface area contributed by atoms with Gasteiger partial charge in [0.05, 0.1) is 22.5 Å². The summed E-state index contributed by atoms with van der Waals surface area (Å²) in [6.45, 7) is 1.86. The molecule has 2 aromatic rings. The van der Waals surface area contributed by atoms with Crippen molar-refractivity contribution < 1.29 is 4.39 Å². The van der Waals surface area contributed by atoms with Gasteiger partial charge in [-0.05, 0) is 35.0 Å². The molecule has 2 rings (SSSR count). The lowest BCUT2D eigenvalue weighted by Crippen LogP contribution is -2.17. The van der Waals surface area contributed by atoms with Crippen molar-refractivity contribution >= 4 is 27.5 Å². The molecule has 0 aliphatic rings. The number of nitrogens with two attached hydrogens (primary N) is 1. The van der Waals surface area contributed by atoms with Crippen LogP contribution < -0.4 is 5.73 Å². The van der Waals surface area contributed by atoms with Gasteiger partial charge in [0.25, 0.3) is 0 Å². The zero-order chi connectivity index (χ0) is 13.4. The topological polar surface area (TPSA) is 43.8 Å². The van der Waals surface area contributed by atoms with Crippen LogP contribution in [-0.2, 0) is 7.05 Å². The average Bonchev–Trinajstić information content (AvgIpc) is 2.65. The Labute approximate surface area is 118 Å². The Bertz CT molecular complexity index is 597. The first-order valence-electron chi connectivity index (χ1n) is 5.31. The van der Waals surface area contributed by atoms with E-state index in [0.717, 1.165) is 11.4 Å². The predicted octanol–water partition coefficient (Wildman–Crippen LogP) is 3.33. The molecule has 1 atom stereocenters. The third-order valence-electron chi connectivity index (χ3n) is 2.76. The summed E-state index contributed by atoms with van der Waals surface area (Å²) < 4.78 is 16.2. The molecule has 0 aliphatic carbocycles. The van der Waals surface area contributed by atoms with Crippen molar-refractivity contribution in [2.24, 2.45) is 12.8 Å². The van der Waals surface area contributed by atoms with E-state index in [1.807, 2.05) is 13.0 Å². The summed E-state index contributed by atoms with van der Waals surface area (Å²) >= 11 is 9.03. The summed E-state index contributed by atoms with van der Waals surface area (Å²) in [6.07, 6.45) is 0. The van der Waals surface area contributed by atoms with Crippen molar-refractivity contribution in [3.05, 3.63) is 50.5 Å². The summed E-state index contributed by atoms with van der Waals surface area (Å²) in [5, 5.41) is 4.24. The lowest BCUT2D eigenvalue weighted by molar-refractivity contribution is 0.585. The van der Waals surface area contributed by atoms with Gasteiger partial charge in [0.15, 0.2) is 0 Å². The number of hydrogen-bond donors (Lipinski definition) is 1. The van der Waals surface area contributed by atoms with Crippen LogP contribution >= 0.6 is 27.5 Å². The number of rotatable bonds is 2. The summed E-state index contributed by atoms with van der Waals surface area (Å²) in [5.41, 5.74) is 8.01. The molecule has 6 heteroatoms. The van der Waals surface area contributed by atoms with Crippen LogP contribution in [0.5, 0.6) is 0 Å². The third kappa shape index (κ3) is 2.30. The van der Waals surface area contributed by atoms with Crippen LogP contribution in [0.1, 0.15) is 23.0 Å². The molecular formula is C12H12BrClFN3. The van der Waals surface area contributed by atoms with E-state index >= 15 is 0 Å². The Morgan fingerprint density at radius 2 is 2.17 bits per heavy atom. The number of nitrogens with zero attached hydrogens (tertiary/aromatic N) is 2. The lowest BCUT2D eigenvalue weighted by Gasteiger charge is -2.14. The van der Waals surface area contributed by atoms with E-state index in [9.17, 15) is 4.39 Å². The van der Waals surface area contributed by atoms with Gasteiger partial charge in [0.2, 0.25) is 0 Å². The van der Waals surface area contributed by atoms with Gasteiger partial charge >= 0.3 is 0 Å². The van der Waals surface area contributed by atoms with Crippen LogP contribution in [0.15, 0.2) is 22.7 Å². The SMILES string of the molecule is Cc1cc(C(N)c2ccc(Br)c(Cl)c2F)n(C)n1. The normalized spacial score (nSPS) is 12.8. The highest BCUT2D eigenvalue weighted by Gasteiger charge is 2.20. The van der Waals surface area contributed by atoms with Gasteiger partial charge in [-0.25, -0.2) is 4.39 Å². The lowest BCUT2D eigenvalue weighted by atomic mass is 10.0. The molecule has 0 saturated carbocycles. The highest BCUT2D eigenvalue weighted by Crippen LogP contribution is 2.31. The van der Waals surface area contributed by atoms with E-state index in [2.05, 4.69) is 21.0 Å². The molecule has 3 nitrogen and oxygen atoms in total. The first-order valence-corrected chi connectivity index (χ1v) is 6.48. The molecule has 1 aromatic heterocycles. The Hall–Kier alpha value is -0.910. The fourth-order valence-electron chi connectivity index (χ4n) is 1.86. The van der Waals surface area contributed by atoms with Crippen molar-refractivity contribution in [2.75, 3.05) is 0 Å². The first-order chi connectivity index (χ1) is 8.41. The maximum absolute atomic E-state index is 14.1. The Morgan fingerprint density at radius 1 is 1.50 bits per heavy atom. The van der Waals surface area contributed by atoms with Gasteiger partial charge in [-0.1, -0.05) is 17.7 Å². The van der Waals surface area contributed by atoms with Crippen molar-refractivity contribution in [1.29, 1.82) is 0 Å². The number of halogens is 3. The zero-order valence-corrected chi connectivity index (χ0v) is 12.3. The van der Waals surface area contributed by atoms with E-state index in [1.165, 1.54) is 0 Å². The largest absolute Gasteiger partial charge is 0.319 e. The van der Waals surface area contributed by atoms with Crippen LogP contribution in [-0.4, -0.2) is 9.78 Å². The second kappa shape index (κ2) is 4.99. The predicted molar refractivity (Wildman–Crippen MR) is 73.1 cm³/mol. The number of aromatic nitrogens is 2. The standard InChI is InChI=1S/C12H12BrClFN3/c1-6-5-9(18(2)17-6)12(16)7-3-4-8(13)10(14)11(7)15/h3-5,12H,16H2,1-2H3. The highest BCUT2D eigenvalue weighted by molar-refractivity contribution is 9.10. The van der Waals surface area contributed by atoms with Crippen molar-refractivity contribution in [3.63, 3.8) is 0 Å². The number of aryl methyl sites for hydroxylation is 2. The molecular weight excluding hydrogens is 321 g/mol. The molecule has 0 aliphatic heterocycles. The van der Waals surface area contributed by atoms with Crippen LogP contribution in [0.2, 0.25) is 5.02 Å². The smallest absolute Gasteiger partial charge is 0.148 e. The molecule has 0 saturated heterocycles. The van der Waals surface area contributed by atoms with Gasteiger partial charge in [0, 0.05) is 17.1 Å². The summed E-state index contributed by atoms with van der Waals surface area (Å²) in [6, 6.07) is 4.55. The summed E-state index contributed by atoms with van der Waals surface area (Å²) in [5.74, 6) is -0.502. The second-order valence-corrected chi connectivity index (χ2v) is 5.31. The Morgan fingerprint density at radius 3 is 2.72 bits per heavy atom. The minimum atomic E-state index is -0.596. The molecule has 0 amide bonds. The van der Waals surface area contributed by atoms with E-state index in [4.69, 9.17) is 17.3 Å².